The smallest absolute Gasteiger partial charge is 0.107 e. The number of benzene rings is 1. The lowest BCUT2D eigenvalue weighted by Crippen LogP contribution is -2.16. The summed E-state index contributed by atoms with van der Waals surface area (Å²) in [7, 11) is 0. The van der Waals surface area contributed by atoms with Crippen LogP contribution in [0.5, 0.6) is 0 Å². The zero-order valence-electron chi connectivity index (χ0n) is 9.63. The molecule has 2 aromatic rings. The SMILES string of the molecule is CCC(CN)Cc1nc2cc(Cl)c(Cl)cc2[nH]1. The van der Waals surface area contributed by atoms with Crippen molar-refractivity contribution in [3.63, 3.8) is 0 Å². The zero-order valence-corrected chi connectivity index (χ0v) is 11.1. The summed E-state index contributed by atoms with van der Waals surface area (Å²) in [6.07, 6.45) is 1.91. The number of aromatic nitrogens is 2. The average molecular weight is 272 g/mol. The minimum Gasteiger partial charge on any atom is -0.342 e. The number of nitrogens with one attached hydrogen (secondary N) is 1. The van der Waals surface area contributed by atoms with E-state index in [9.17, 15) is 0 Å². The van der Waals surface area contributed by atoms with Crippen molar-refractivity contribution >= 4 is 34.2 Å². The van der Waals surface area contributed by atoms with E-state index < -0.39 is 0 Å². The van der Waals surface area contributed by atoms with Gasteiger partial charge in [0.05, 0.1) is 21.1 Å². The van der Waals surface area contributed by atoms with Gasteiger partial charge in [-0.2, -0.15) is 0 Å². The number of rotatable bonds is 4. The quantitative estimate of drug-likeness (QED) is 0.896. The molecular formula is C12H15Cl2N3. The van der Waals surface area contributed by atoms with Crippen LogP contribution in [0, 0.1) is 5.92 Å². The fourth-order valence-electron chi connectivity index (χ4n) is 1.82. The van der Waals surface area contributed by atoms with Gasteiger partial charge in [-0.3, -0.25) is 0 Å². The summed E-state index contributed by atoms with van der Waals surface area (Å²) in [4.78, 5) is 7.75. The van der Waals surface area contributed by atoms with Gasteiger partial charge in [0.1, 0.15) is 5.82 Å². The van der Waals surface area contributed by atoms with Gasteiger partial charge in [-0.25, -0.2) is 4.98 Å². The molecule has 1 aromatic carbocycles. The van der Waals surface area contributed by atoms with Crippen molar-refractivity contribution in [3.8, 4) is 0 Å². The van der Waals surface area contributed by atoms with E-state index in [1.54, 1.807) is 12.1 Å². The third-order valence-corrected chi connectivity index (χ3v) is 3.69. The van der Waals surface area contributed by atoms with Crippen molar-refractivity contribution in [2.75, 3.05) is 6.54 Å². The summed E-state index contributed by atoms with van der Waals surface area (Å²) >= 11 is 11.9. The fraction of sp³-hybridized carbons (Fsp3) is 0.417. The van der Waals surface area contributed by atoms with E-state index in [1.165, 1.54) is 0 Å². The minimum atomic E-state index is 0.460. The molecule has 17 heavy (non-hydrogen) atoms. The largest absolute Gasteiger partial charge is 0.342 e. The van der Waals surface area contributed by atoms with Crippen molar-refractivity contribution in [1.29, 1.82) is 0 Å². The molecule has 0 radical (unpaired) electrons. The molecule has 0 aliphatic heterocycles. The lowest BCUT2D eigenvalue weighted by Gasteiger charge is -2.08. The van der Waals surface area contributed by atoms with Crippen molar-refractivity contribution < 1.29 is 0 Å². The summed E-state index contributed by atoms with van der Waals surface area (Å²) < 4.78 is 0. The van der Waals surface area contributed by atoms with Crippen molar-refractivity contribution in [3.05, 3.63) is 28.0 Å². The number of H-pyrrole nitrogens is 1. The van der Waals surface area contributed by atoms with Crippen LogP contribution in [0.25, 0.3) is 11.0 Å². The van der Waals surface area contributed by atoms with Crippen molar-refractivity contribution in [2.45, 2.75) is 19.8 Å². The molecule has 0 saturated heterocycles. The second kappa shape index (κ2) is 5.25. The lowest BCUT2D eigenvalue weighted by atomic mass is 10.0. The number of hydrogen-bond acceptors (Lipinski definition) is 2. The molecule has 0 aliphatic rings. The Labute approximate surface area is 110 Å². The Bertz CT molecular complexity index is 479. The first-order valence-corrected chi connectivity index (χ1v) is 6.43. The Balaban J connectivity index is 2.31. The van der Waals surface area contributed by atoms with Crippen LogP contribution in [-0.4, -0.2) is 16.5 Å². The van der Waals surface area contributed by atoms with Gasteiger partial charge in [-0.05, 0) is 24.6 Å². The number of imidazole rings is 1. The molecule has 0 fully saturated rings. The highest BCUT2D eigenvalue weighted by Gasteiger charge is 2.10. The number of hydrogen-bond donors (Lipinski definition) is 2. The highest BCUT2D eigenvalue weighted by atomic mass is 35.5. The zero-order chi connectivity index (χ0) is 12.4. The van der Waals surface area contributed by atoms with Gasteiger partial charge in [-0.15, -0.1) is 0 Å². The number of aromatic amines is 1. The van der Waals surface area contributed by atoms with Gasteiger partial charge < -0.3 is 10.7 Å². The van der Waals surface area contributed by atoms with E-state index in [0.717, 1.165) is 29.7 Å². The van der Waals surface area contributed by atoms with Gasteiger partial charge in [-0.1, -0.05) is 36.5 Å². The number of nitrogens with zero attached hydrogens (tertiary/aromatic N) is 1. The van der Waals surface area contributed by atoms with Crippen LogP contribution < -0.4 is 5.73 Å². The Morgan fingerprint density at radius 3 is 2.71 bits per heavy atom. The topological polar surface area (TPSA) is 54.7 Å². The van der Waals surface area contributed by atoms with Crippen LogP contribution in [0.4, 0.5) is 0 Å². The van der Waals surface area contributed by atoms with E-state index >= 15 is 0 Å². The van der Waals surface area contributed by atoms with Crippen LogP contribution in [0.1, 0.15) is 19.2 Å². The second-order valence-corrected chi connectivity index (χ2v) is 5.00. The molecule has 0 spiro atoms. The van der Waals surface area contributed by atoms with Crippen LogP contribution in [-0.2, 0) is 6.42 Å². The van der Waals surface area contributed by atoms with E-state index in [0.29, 0.717) is 22.5 Å². The molecule has 3 nitrogen and oxygen atoms in total. The summed E-state index contributed by atoms with van der Waals surface area (Å²) in [5, 5.41) is 1.07. The normalized spacial score (nSPS) is 13.2. The molecule has 0 saturated carbocycles. The van der Waals surface area contributed by atoms with Crippen LogP contribution in [0.3, 0.4) is 0 Å². The molecule has 1 unspecified atom stereocenters. The van der Waals surface area contributed by atoms with E-state index in [4.69, 9.17) is 28.9 Å². The second-order valence-electron chi connectivity index (χ2n) is 4.18. The Morgan fingerprint density at radius 1 is 1.35 bits per heavy atom. The van der Waals surface area contributed by atoms with Crippen LogP contribution >= 0.6 is 23.2 Å². The van der Waals surface area contributed by atoms with Gasteiger partial charge >= 0.3 is 0 Å². The van der Waals surface area contributed by atoms with E-state index in [1.807, 2.05) is 0 Å². The predicted octanol–water partition coefficient (Wildman–Crippen LogP) is 3.40. The van der Waals surface area contributed by atoms with E-state index in [-0.39, 0.29) is 0 Å². The van der Waals surface area contributed by atoms with Crippen molar-refractivity contribution in [1.82, 2.24) is 9.97 Å². The summed E-state index contributed by atoms with van der Waals surface area (Å²) in [5.74, 6) is 1.40. The third-order valence-electron chi connectivity index (χ3n) is 2.97. The maximum Gasteiger partial charge on any atom is 0.107 e. The Hall–Kier alpha value is -0.770. The highest BCUT2D eigenvalue weighted by molar-refractivity contribution is 6.42. The molecule has 2 rings (SSSR count). The van der Waals surface area contributed by atoms with E-state index in [2.05, 4.69) is 16.9 Å². The highest BCUT2D eigenvalue weighted by Crippen LogP contribution is 2.27. The first-order valence-electron chi connectivity index (χ1n) is 5.67. The molecule has 1 heterocycles. The maximum absolute atomic E-state index is 5.96. The molecule has 92 valence electrons. The third kappa shape index (κ3) is 2.73. The monoisotopic (exact) mass is 271 g/mol. The fourth-order valence-corrected chi connectivity index (χ4v) is 2.14. The van der Waals surface area contributed by atoms with Crippen molar-refractivity contribution in [2.24, 2.45) is 11.7 Å². The lowest BCUT2D eigenvalue weighted by molar-refractivity contribution is 0.508. The Morgan fingerprint density at radius 2 is 2.06 bits per heavy atom. The molecule has 1 aromatic heterocycles. The molecule has 0 aliphatic carbocycles. The minimum absolute atomic E-state index is 0.460. The van der Waals surface area contributed by atoms with Gasteiger partial charge in [0.25, 0.3) is 0 Å². The molecular weight excluding hydrogens is 257 g/mol. The molecule has 0 amide bonds. The van der Waals surface area contributed by atoms with Crippen LogP contribution in [0.15, 0.2) is 12.1 Å². The number of fused-ring (bicyclic) bond motifs is 1. The van der Waals surface area contributed by atoms with Gasteiger partial charge in [0.15, 0.2) is 0 Å². The number of nitrogens with two attached hydrogens (primary N) is 1. The molecule has 0 bridgehead atoms. The summed E-state index contributed by atoms with van der Waals surface area (Å²) in [5.41, 5.74) is 7.46. The first-order chi connectivity index (χ1) is 8.13. The standard InChI is InChI=1S/C12H15Cl2N3/c1-2-7(6-15)3-12-16-10-4-8(13)9(14)5-11(10)17-12/h4-5,7H,2-3,6,15H2,1H3,(H,16,17). The number of halogens is 2. The summed E-state index contributed by atoms with van der Waals surface area (Å²) in [6, 6.07) is 3.59. The molecule has 1 atom stereocenters. The van der Waals surface area contributed by atoms with Gasteiger partial charge in [0.2, 0.25) is 0 Å². The van der Waals surface area contributed by atoms with Gasteiger partial charge in [0, 0.05) is 6.42 Å². The average Bonchev–Trinajstić information content (AvgIpc) is 2.68. The molecule has 5 heteroatoms. The predicted molar refractivity (Wildman–Crippen MR) is 72.7 cm³/mol. The molecule has 3 N–H and O–H groups in total. The maximum atomic E-state index is 5.96. The first kappa shape index (κ1) is 12.7. The summed E-state index contributed by atoms with van der Waals surface area (Å²) in [6.45, 7) is 2.81. The van der Waals surface area contributed by atoms with Crippen LogP contribution in [0.2, 0.25) is 10.0 Å². The Kier molecular flexibility index (Phi) is 3.92.